The van der Waals surface area contributed by atoms with Crippen molar-refractivity contribution in [3.63, 3.8) is 0 Å². The zero-order valence-electron chi connectivity index (χ0n) is 18.3. The summed E-state index contributed by atoms with van der Waals surface area (Å²) >= 11 is 1.01. The number of anilines is 1. The molecule has 2 amide bonds. The third-order valence-electron chi connectivity index (χ3n) is 4.31. The van der Waals surface area contributed by atoms with Gasteiger partial charge in [0.1, 0.15) is 5.75 Å². The minimum Gasteiger partial charge on any atom is -0.495 e. The fraction of sp³-hybridized carbons (Fsp3) is 0.273. The molecule has 0 radical (unpaired) electrons. The molecule has 1 aromatic heterocycles. The van der Waals surface area contributed by atoms with Crippen molar-refractivity contribution in [1.82, 2.24) is 15.5 Å². The van der Waals surface area contributed by atoms with E-state index >= 15 is 0 Å². The SMILES string of the molecule is COc1ccc(C)cc1NC(=O)CNC(=O)CSc1nnc([C@H](C)Oc2ccccc2F)o1. The standard InChI is InChI=1S/C22H23FN4O5S/c1-13-8-9-18(30-3)16(10-13)25-19(28)11-24-20(29)12-33-22-27-26-21(32-22)14(2)31-17-7-5-4-6-15(17)23/h4-10,14H,11-12H2,1-3H3,(H,24,29)(H,25,28)/t14-/m0/s1. The van der Waals surface area contributed by atoms with Gasteiger partial charge in [-0.3, -0.25) is 9.59 Å². The van der Waals surface area contributed by atoms with Crippen LogP contribution in [0.1, 0.15) is 24.5 Å². The van der Waals surface area contributed by atoms with Crippen molar-refractivity contribution in [3.05, 3.63) is 59.7 Å². The molecule has 3 rings (SSSR count). The van der Waals surface area contributed by atoms with Gasteiger partial charge in [0, 0.05) is 0 Å². The van der Waals surface area contributed by atoms with Crippen LogP contribution in [-0.4, -0.2) is 41.4 Å². The molecule has 0 saturated carbocycles. The molecule has 2 N–H and O–H groups in total. The number of aromatic nitrogens is 2. The molecular weight excluding hydrogens is 451 g/mol. The zero-order valence-corrected chi connectivity index (χ0v) is 19.1. The molecule has 0 fully saturated rings. The van der Waals surface area contributed by atoms with Crippen molar-refractivity contribution >= 4 is 29.3 Å². The monoisotopic (exact) mass is 474 g/mol. The quantitative estimate of drug-likeness (QED) is 0.429. The maximum Gasteiger partial charge on any atom is 0.277 e. The molecule has 0 aliphatic heterocycles. The average molecular weight is 475 g/mol. The number of benzene rings is 2. The van der Waals surface area contributed by atoms with E-state index < -0.39 is 17.8 Å². The fourth-order valence-electron chi connectivity index (χ4n) is 2.70. The van der Waals surface area contributed by atoms with Crippen LogP contribution < -0.4 is 20.1 Å². The molecule has 1 atom stereocenters. The molecule has 0 aliphatic carbocycles. The van der Waals surface area contributed by atoms with Gasteiger partial charge in [-0.25, -0.2) is 4.39 Å². The van der Waals surface area contributed by atoms with Gasteiger partial charge in [0.15, 0.2) is 17.7 Å². The summed E-state index contributed by atoms with van der Waals surface area (Å²) in [4.78, 5) is 24.2. The topological polar surface area (TPSA) is 116 Å². The second-order valence-corrected chi connectivity index (χ2v) is 7.84. The lowest BCUT2D eigenvalue weighted by atomic mass is 10.2. The molecular formula is C22H23FN4O5S. The molecule has 1 heterocycles. The Kier molecular flexibility index (Phi) is 8.25. The van der Waals surface area contributed by atoms with Gasteiger partial charge < -0.3 is 24.5 Å². The number of aryl methyl sites for hydroxylation is 1. The largest absolute Gasteiger partial charge is 0.495 e. The summed E-state index contributed by atoms with van der Waals surface area (Å²) in [5.41, 5.74) is 1.48. The van der Waals surface area contributed by atoms with E-state index in [1.54, 1.807) is 31.2 Å². The Labute approximate surface area is 194 Å². The van der Waals surface area contributed by atoms with Crippen LogP contribution in [0.4, 0.5) is 10.1 Å². The molecule has 3 aromatic rings. The second kappa shape index (κ2) is 11.3. The van der Waals surface area contributed by atoms with Crippen LogP contribution in [0, 0.1) is 12.7 Å². The van der Waals surface area contributed by atoms with Crippen LogP contribution >= 0.6 is 11.8 Å². The summed E-state index contributed by atoms with van der Waals surface area (Å²) in [5, 5.41) is 13.1. The molecule has 0 aliphatic rings. The predicted octanol–water partition coefficient (Wildman–Crippen LogP) is 3.51. The Morgan fingerprint density at radius 1 is 1.15 bits per heavy atom. The Morgan fingerprint density at radius 2 is 1.94 bits per heavy atom. The second-order valence-electron chi connectivity index (χ2n) is 6.91. The van der Waals surface area contributed by atoms with Crippen LogP contribution in [0.25, 0.3) is 0 Å². The highest BCUT2D eigenvalue weighted by atomic mass is 32.2. The highest BCUT2D eigenvalue weighted by Gasteiger charge is 2.18. The molecule has 9 nitrogen and oxygen atoms in total. The number of halogens is 1. The molecule has 174 valence electrons. The molecule has 33 heavy (non-hydrogen) atoms. The van der Waals surface area contributed by atoms with E-state index in [-0.39, 0.29) is 35.1 Å². The summed E-state index contributed by atoms with van der Waals surface area (Å²) in [5.74, 6) is -0.578. The van der Waals surface area contributed by atoms with Crippen molar-refractivity contribution in [2.45, 2.75) is 25.2 Å². The number of ether oxygens (including phenoxy) is 2. The fourth-order valence-corrected chi connectivity index (χ4v) is 3.29. The highest BCUT2D eigenvalue weighted by molar-refractivity contribution is 7.99. The Balaban J connectivity index is 1.44. The van der Waals surface area contributed by atoms with E-state index in [9.17, 15) is 14.0 Å². The van der Waals surface area contributed by atoms with Crippen molar-refractivity contribution < 1.29 is 27.9 Å². The zero-order chi connectivity index (χ0) is 23.8. The summed E-state index contributed by atoms with van der Waals surface area (Å²) in [7, 11) is 1.51. The third-order valence-corrected chi connectivity index (χ3v) is 5.13. The number of rotatable bonds is 10. The number of thioether (sulfide) groups is 1. The van der Waals surface area contributed by atoms with E-state index in [4.69, 9.17) is 13.9 Å². The first-order valence-corrected chi connectivity index (χ1v) is 10.9. The predicted molar refractivity (Wildman–Crippen MR) is 120 cm³/mol. The number of hydrogen-bond donors (Lipinski definition) is 2. The van der Waals surface area contributed by atoms with E-state index in [0.717, 1.165) is 17.3 Å². The lowest BCUT2D eigenvalue weighted by molar-refractivity contribution is -0.122. The number of nitrogens with one attached hydrogen (secondary N) is 2. The lowest BCUT2D eigenvalue weighted by Gasteiger charge is -2.11. The molecule has 11 heteroatoms. The number of hydrogen-bond acceptors (Lipinski definition) is 8. The number of amides is 2. The molecule has 2 aromatic carbocycles. The normalized spacial score (nSPS) is 11.5. The smallest absolute Gasteiger partial charge is 0.277 e. The summed E-state index contributed by atoms with van der Waals surface area (Å²) in [6.07, 6.45) is -0.681. The number of nitrogens with zero attached hydrogens (tertiary/aromatic N) is 2. The van der Waals surface area contributed by atoms with Gasteiger partial charge in [0.05, 0.1) is 25.1 Å². The molecule has 0 saturated heterocycles. The number of para-hydroxylation sites is 1. The highest BCUT2D eigenvalue weighted by Crippen LogP contribution is 2.26. The van der Waals surface area contributed by atoms with Gasteiger partial charge in [-0.15, -0.1) is 10.2 Å². The van der Waals surface area contributed by atoms with Crippen LogP contribution in [0.5, 0.6) is 11.5 Å². The molecule has 0 bridgehead atoms. The van der Waals surface area contributed by atoms with Gasteiger partial charge in [-0.2, -0.15) is 0 Å². The maximum atomic E-state index is 13.7. The average Bonchev–Trinajstić information content (AvgIpc) is 3.27. The van der Waals surface area contributed by atoms with Crippen molar-refractivity contribution in [1.29, 1.82) is 0 Å². The van der Waals surface area contributed by atoms with Gasteiger partial charge in [0.2, 0.25) is 11.8 Å². The van der Waals surface area contributed by atoms with Gasteiger partial charge >= 0.3 is 0 Å². The molecule has 0 spiro atoms. The Bertz CT molecular complexity index is 1120. The molecule has 0 unspecified atom stereocenters. The summed E-state index contributed by atoms with van der Waals surface area (Å²) in [6.45, 7) is 3.33. The van der Waals surface area contributed by atoms with Crippen LogP contribution in [0.15, 0.2) is 52.1 Å². The van der Waals surface area contributed by atoms with Gasteiger partial charge in [0.25, 0.3) is 11.1 Å². The number of carbonyl (C=O) groups excluding carboxylic acids is 2. The van der Waals surface area contributed by atoms with Crippen molar-refractivity contribution in [3.8, 4) is 11.5 Å². The van der Waals surface area contributed by atoms with Gasteiger partial charge in [-0.1, -0.05) is 30.0 Å². The van der Waals surface area contributed by atoms with E-state index in [1.807, 2.05) is 13.0 Å². The first-order chi connectivity index (χ1) is 15.9. The lowest BCUT2D eigenvalue weighted by Crippen LogP contribution is -2.34. The van der Waals surface area contributed by atoms with Crippen LogP contribution in [0.2, 0.25) is 0 Å². The van der Waals surface area contributed by atoms with Crippen molar-refractivity contribution in [2.24, 2.45) is 0 Å². The first-order valence-electron chi connectivity index (χ1n) is 9.94. The van der Waals surface area contributed by atoms with Crippen LogP contribution in [0.3, 0.4) is 0 Å². The van der Waals surface area contributed by atoms with E-state index in [2.05, 4.69) is 20.8 Å². The minimum atomic E-state index is -0.681. The van der Waals surface area contributed by atoms with Gasteiger partial charge in [-0.05, 0) is 43.7 Å². The number of methoxy groups -OCH3 is 1. The Morgan fingerprint density at radius 3 is 2.70 bits per heavy atom. The maximum absolute atomic E-state index is 13.7. The van der Waals surface area contributed by atoms with E-state index in [0.29, 0.717) is 11.4 Å². The van der Waals surface area contributed by atoms with Crippen LogP contribution in [-0.2, 0) is 9.59 Å². The number of carbonyl (C=O) groups is 2. The van der Waals surface area contributed by atoms with E-state index in [1.165, 1.54) is 19.2 Å². The van der Waals surface area contributed by atoms with Crippen molar-refractivity contribution in [2.75, 3.05) is 24.7 Å². The summed E-state index contributed by atoms with van der Waals surface area (Å²) < 4.78 is 29.9. The summed E-state index contributed by atoms with van der Waals surface area (Å²) in [6, 6.07) is 11.4. The first kappa shape index (κ1) is 24.1. The minimum absolute atomic E-state index is 0.0365. The Hall–Kier alpha value is -3.60. The third kappa shape index (κ3) is 6.94.